The summed E-state index contributed by atoms with van der Waals surface area (Å²) in [4.78, 5) is 16.8. The van der Waals surface area contributed by atoms with Crippen LogP contribution in [0.15, 0.2) is 29.0 Å². The normalized spacial score (nSPS) is 11.8. The Balaban J connectivity index is 1.74. The van der Waals surface area contributed by atoms with Crippen molar-refractivity contribution in [1.82, 2.24) is 4.98 Å². The Kier molecular flexibility index (Phi) is 4.25. The molecule has 1 aromatic carbocycles. The highest BCUT2D eigenvalue weighted by molar-refractivity contribution is 7.17. The number of thiophene rings is 1. The van der Waals surface area contributed by atoms with Gasteiger partial charge in [-0.05, 0) is 28.8 Å². The SMILES string of the molecule is Cc1cccc2c(CC(=O)Nc3nc(C(C)(C)C)cs3)csc12. The zero-order valence-electron chi connectivity index (χ0n) is 13.8. The van der Waals surface area contributed by atoms with Gasteiger partial charge in [-0.2, -0.15) is 0 Å². The van der Waals surface area contributed by atoms with Crippen LogP contribution in [0.1, 0.15) is 37.6 Å². The minimum Gasteiger partial charge on any atom is -0.302 e. The number of carbonyl (C=O) groups excluding carboxylic acids is 1. The van der Waals surface area contributed by atoms with Crippen LogP contribution in [0.2, 0.25) is 0 Å². The van der Waals surface area contributed by atoms with E-state index in [1.807, 2.05) is 11.4 Å². The van der Waals surface area contributed by atoms with Gasteiger partial charge in [0, 0.05) is 15.5 Å². The number of nitrogens with one attached hydrogen (secondary N) is 1. The number of nitrogens with zero attached hydrogens (tertiary/aromatic N) is 1. The Morgan fingerprint density at radius 2 is 2.00 bits per heavy atom. The summed E-state index contributed by atoms with van der Waals surface area (Å²) in [7, 11) is 0. The Morgan fingerprint density at radius 3 is 2.70 bits per heavy atom. The summed E-state index contributed by atoms with van der Waals surface area (Å²) in [6, 6.07) is 6.23. The van der Waals surface area contributed by atoms with Crippen LogP contribution in [0.25, 0.3) is 10.1 Å². The lowest BCUT2D eigenvalue weighted by molar-refractivity contribution is -0.115. The summed E-state index contributed by atoms with van der Waals surface area (Å²) in [5.74, 6) is -0.0129. The van der Waals surface area contributed by atoms with Crippen LogP contribution in [0.4, 0.5) is 5.13 Å². The standard InChI is InChI=1S/C18H20N2OS2/c1-11-6-5-7-13-12(9-22-16(11)13)8-15(21)20-17-19-14(10-23-17)18(2,3)4/h5-7,9-10H,8H2,1-4H3,(H,19,20,21). The number of aromatic nitrogens is 1. The second-order valence-electron chi connectivity index (χ2n) is 6.73. The monoisotopic (exact) mass is 344 g/mol. The fraction of sp³-hybridized carbons (Fsp3) is 0.333. The van der Waals surface area contributed by atoms with E-state index >= 15 is 0 Å². The van der Waals surface area contributed by atoms with Crippen LogP contribution in [0, 0.1) is 6.92 Å². The van der Waals surface area contributed by atoms with Crippen molar-refractivity contribution in [2.45, 2.75) is 39.5 Å². The molecule has 0 unspecified atom stereocenters. The van der Waals surface area contributed by atoms with E-state index in [0.717, 1.165) is 11.3 Å². The molecule has 0 saturated carbocycles. The van der Waals surface area contributed by atoms with E-state index in [1.165, 1.54) is 27.0 Å². The van der Waals surface area contributed by atoms with Gasteiger partial charge in [0.05, 0.1) is 12.1 Å². The van der Waals surface area contributed by atoms with E-state index < -0.39 is 0 Å². The minimum atomic E-state index is -0.0129. The van der Waals surface area contributed by atoms with Gasteiger partial charge in [-0.25, -0.2) is 4.98 Å². The molecule has 0 spiro atoms. The van der Waals surface area contributed by atoms with E-state index in [-0.39, 0.29) is 11.3 Å². The summed E-state index contributed by atoms with van der Waals surface area (Å²) < 4.78 is 1.26. The maximum Gasteiger partial charge on any atom is 0.230 e. The average molecular weight is 345 g/mol. The predicted octanol–water partition coefficient (Wildman–Crippen LogP) is 5.14. The fourth-order valence-electron chi connectivity index (χ4n) is 2.40. The van der Waals surface area contributed by atoms with E-state index in [2.05, 4.69) is 55.5 Å². The van der Waals surface area contributed by atoms with E-state index in [4.69, 9.17) is 0 Å². The molecule has 0 aliphatic rings. The maximum atomic E-state index is 12.3. The second-order valence-corrected chi connectivity index (χ2v) is 8.46. The number of rotatable bonds is 3. The molecule has 0 radical (unpaired) electrons. The number of fused-ring (bicyclic) bond motifs is 1. The lowest BCUT2D eigenvalue weighted by Crippen LogP contribution is -2.15. The Labute approximate surface area is 144 Å². The zero-order valence-corrected chi connectivity index (χ0v) is 15.4. The Hall–Kier alpha value is -1.72. The number of thiazole rings is 1. The number of anilines is 1. The molecule has 0 bridgehead atoms. The van der Waals surface area contributed by atoms with Crippen LogP contribution in [0.3, 0.4) is 0 Å². The Morgan fingerprint density at radius 1 is 1.22 bits per heavy atom. The summed E-state index contributed by atoms with van der Waals surface area (Å²) >= 11 is 3.19. The zero-order chi connectivity index (χ0) is 16.6. The minimum absolute atomic E-state index is 0.000560. The highest BCUT2D eigenvalue weighted by Crippen LogP contribution is 2.30. The molecule has 1 amide bonds. The number of hydrogen-bond donors (Lipinski definition) is 1. The van der Waals surface area contributed by atoms with Crippen molar-refractivity contribution in [3.63, 3.8) is 0 Å². The largest absolute Gasteiger partial charge is 0.302 e. The van der Waals surface area contributed by atoms with Gasteiger partial charge < -0.3 is 5.32 Å². The van der Waals surface area contributed by atoms with E-state index in [9.17, 15) is 4.79 Å². The van der Waals surface area contributed by atoms with Crippen LogP contribution in [-0.2, 0) is 16.6 Å². The fourth-order valence-corrected chi connectivity index (χ4v) is 4.41. The number of benzene rings is 1. The van der Waals surface area contributed by atoms with E-state index in [1.54, 1.807) is 11.3 Å². The quantitative estimate of drug-likeness (QED) is 0.714. The molecule has 120 valence electrons. The van der Waals surface area contributed by atoms with Gasteiger partial charge in [-0.3, -0.25) is 4.79 Å². The molecule has 0 aliphatic heterocycles. The molecular formula is C18H20N2OS2. The van der Waals surface area contributed by atoms with Crippen molar-refractivity contribution < 1.29 is 4.79 Å². The van der Waals surface area contributed by atoms with Crippen molar-refractivity contribution in [2.75, 3.05) is 5.32 Å². The number of hydrogen-bond acceptors (Lipinski definition) is 4. The lowest BCUT2D eigenvalue weighted by atomic mass is 9.93. The molecule has 1 N–H and O–H groups in total. The molecular weight excluding hydrogens is 324 g/mol. The van der Waals surface area contributed by atoms with Gasteiger partial charge in [-0.15, -0.1) is 22.7 Å². The van der Waals surface area contributed by atoms with Gasteiger partial charge >= 0.3 is 0 Å². The molecule has 3 nitrogen and oxygen atoms in total. The molecule has 3 aromatic rings. The van der Waals surface area contributed by atoms with Crippen LogP contribution in [-0.4, -0.2) is 10.9 Å². The van der Waals surface area contributed by atoms with Crippen molar-refractivity contribution in [3.05, 3.63) is 45.8 Å². The molecule has 23 heavy (non-hydrogen) atoms. The first-order chi connectivity index (χ1) is 10.8. The lowest BCUT2D eigenvalue weighted by Gasteiger charge is -2.14. The topological polar surface area (TPSA) is 42.0 Å². The van der Waals surface area contributed by atoms with Crippen LogP contribution >= 0.6 is 22.7 Å². The molecule has 0 saturated heterocycles. The number of aryl methyl sites for hydroxylation is 1. The first kappa shape index (κ1) is 16.1. The third kappa shape index (κ3) is 3.46. The number of amides is 1. The van der Waals surface area contributed by atoms with Crippen molar-refractivity contribution in [1.29, 1.82) is 0 Å². The van der Waals surface area contributed by atoms with Gasteiger partial charge in [0.1, 0.15) is 0 Å². The van der Waals surface area contributed by atoms with Gasteiger partial charge in [0.25, 0.3) is 0 Å². The summed E-state index contributed by atoms with van der Waals surface area (Å²) in [6.45, 7) is 8.46. The molecule has 0 atom stereocenters. The molecule has 3 rings (SSSR count). The van der Waals surface area contributed by atoms with Crippen molar-refractivity contribution in [3.8, 4) is 0 Å². The summed E-state index contributed by atoms with van der Waals surface area (Å²) in [5.41, 5.74) is 3.35. The highest BCUT2D eigenvalue weighted by atomic mass is 32.1. The third-order valence-electron chi connectivity index (χ3n) is 3.75. The third-order valence-corrected chi connectivity index (χ3v) is 5.68. The summed E-state index contributed by atoms with van der Waals surface area (Å²) in [5, 5.41) is 8.88. The first-order valence-electron chi connectivity index (χ1n) is 7.56. The summed E-state index contributed by atoms with van der Waals surface area (Å²) in [6.07, 6.45) is 0.383. The van der Waals surface area contributed by atoms with Crippen LogP contribution in [0.5, 0.6) is 0 Å². The molecule has 2 aromatic heterocycles. The van der Waals surface area contributed by atoms with Crippen LogP contribution < -0.4 is 5.32 Å². The highest BCUT2D eigenvalue weighted by Gasteiger charge is 2.18. The maximum absolute atomic E-state index is 12.3. The average Bonchev–Trinajstić information content (AvgIpc) is 3.07. The van der Waals surface area contributed by atoms with Crippen molar-refractivity contribution in [2.24, 2.45) is 0 Å². The Bertz CT molecular complexity index is 855. The predicted molar refractivity (Wildman–Crippen MR) is 99.7 cm³/mol. The molecule has 2 heterocycles. The second kappa shape index (κ2) is 6.06. The molecule has 0 fully saturated rings. The van der Waals surface area contributed by atoms with Crippen molar-refractivity contribution >= 4 is 43.8 Å². The smallest absolute Gasteiger partial charge is 0.230 e. The first-order valence-corrected chi connectivity index (χ1v) is 9.32. The number of carbonyl (C=O) groups is 1. The van der Waals surface area contributed by atoms with E-state index in [0.29, 0.717) is 11.6 Å². The van der Waals surface area contributed by atoms with Gasteiger partial charge in [-0.1, -0.05) is 39.0 Å². The van der Waals surface area contributed by atoms with Gasteiger partial charge in [0.15, 0.2) is 5.13 Å². The van der Waals surface area contributed by atoms with Gasteiger partial charge in [0.2, 0.25) is 5.91 Å². The molecule has 5 heteroatoms. The molecule has 0 aliphatic carbocycles.